The number of hydrogen-bond acceptors (Lipinski definition) is 3. The number of nitrogens with one attached hydrogen (secondary N) is 1. The van der Waals surface area contributed by atoms with Crippen LogP contribution < -0.4 is 10.1 Å². The van der Waals surface area contributed by atoms with Crippen molar-refractivity contribution in [1.82, 2.24) is 4.90 Å². The molecule has 0 aromatic heterocycles. The fourth-order valence-corrected chi connectivity index (χ4v) is 2.47. The van der Waals surface area contributed by atoms with Crippen molar-refractivity contribution in [3.63, 3.8) is 0 Å². The highest BCUT2D eigenvalue weighted by atomic mass is 35.5. The zero-order valence-corrected chi connectivity index (χ0v) is 14.9. The van der Waals surface area contributed by atoms with Gasteiger partial charge in [-0.15, -0.1) is 0 Å². The highest BCUT2D eigenvalue weighted by Crippen LogP contribution is 2.24. The molecule has 0 atom stereocenters. The Labute approximate surface area is 150 Å². The van der Waals surface area contributed by atoms with Gasteiger partial charge in [0, 0.05) is 24.8 Å². The Morgan fingerprint density at radius 1 is 1.20 bits per heavy atom. The lowest BCUT2D eigenvalue weighted by molar-refractivity contribution is -0.115. The molecule has 2 aromatic carbocycles. The molecule has 2 amide bonds. The molecule has 1 N–H and O–H groups in total. The molecule has 0 spiro atoms. The molecular weight excluding hydrogens is 347 g/mol. The van der Waals surface area contributed by atoms with Crippen LogP contribution in [0.4, 0.5) is 10.1 Å². The molecule has 0 aliphatic carbocycles. The van der Waals surface area contributed by atoms with Crippen molar-refractivity contribution in [2.75, 3.05) is 26.5 Å². The molecule has 0 fully saturated rings. The summed E-state index contributed by atoms with van der Waals surface area (Å²) in [7, 11) is 4.73. The molecule has 0 heterocycles. The van der Waals surface area contributed by atoms with Crippen molar-refractivity contribution in [3.05, 3.63) is 58.4 Å². The van der Waals surface area contributed by atoms with E-state index in [0.29, 0.717) is 22.6 Å². The molecule has 0 radical (unpaired) electrons. The Morgan fingerprint density at radius 2 is 1.92 bits per heavy atom. The number of amides is 2. The second-order valence-corrected chi connectivity index (χ2v) is 5.98. The van der Waals surface area contributed by atoms with Crippen molar-refractivity contribution in [1.29, 1.82) is 0 Å². The third kappa shape index (κ3) is 4.70. The molecule has 2 rings (SSSR count). The van der Waals surface area contributed by atoms with E-state index < -0.39 is 5.82 Å². The predicted octanol–water partition coefficient (Wildman–Crippen LogP) is 3.37. The third-order valence-electron chi connectivity index (χ3n) is 3.49. The van der Waals surface area contributed by atoms with Gasteiger partial charge in [0.25, 0.3) is 5.91 Å². The van der Waals surface area contributed by atoms with Crippen LogP contribution in [0.1, 0.15) is 15.9 Å². The van der Waals surface area contributed by atoms with Crippen LogP contribution >= 0.6 is 11.6 Å². The molecule has 0 saturated carbocycles. The molecule has 0 aliphatic heterocycles. The molecule has 25 heavy (non-hydrogen) atoms. The van der Waals surface area contributed by atoms with Gasteiger partial charge in [-0.05, 0) is 35.9 Å². The maximum atomic E-state index is 13.1. The average Bonchev–Trinajstić information content (AvgIpc) is 2.56. The van der Waals surface area contributed by atoms with E-state index in [0.717, 1.165) is 6.07 Å². The van der Waals surface area contributed by atoms with Crippen molar-refractivity contribution >= 4 is 29.1 Å². The first-order chi connectivity index (χ1) is 11.8. The number of nitrogens with zero attached hydrogens (tertiary/aromatic N) is 1. The summed E-state index contributed by atoms with van der Waals surface area (Å²) in [6.07, 6.45) is -0.0118. The van der Waals surface area contributed by atoms with Crippen LogP contribution in [0.25, 0.3) is 0 Å². The van der Waals surface area contributed by atoms with E-state index in [1.165, 1.54) is 24.1 Å². The van der Waals surface area contributed by atoms with E-state index in [1.54, 1.807) is 32.3 Å². The summed E-state index contributed by atoms with van der Waals surface area (Å²) in [6.45, 7) is 0. The molecule has 2 aromatic rings. The van der Waals surface area contributed by atoms with E-state index in [-0.39, 0.29) is 23.3 Å². The Bertz CT molecular complexity index is 809. The first-order valence-electron chi connectivity index (χ1n) is 7.45. The summed E-state index contributed by atoms with van der Waals surface area (Å²) >= 11 is 5.93. The number of carbonyl (C=O) groups excluding carboxylic acids is 2. The Morgan fingerprint density at radius 3 is 2.52 bits per heavy atom. The molecule has 5 nitrogen and oxygen atoms in total. The van der Waals surface area contributed by atoms with Crippen LogP contribution in [0.2, 0.25) is 5.02 Å². The van der Waals surface area contributed by atoms with E-state index in [4.69, 9.17) is 16.3 Å². The normalized spacial score (nSPS) is 10.3. The fourth-order valence-electron chi connectivity index (χ4n) is 2.24. The number of halogens is 2. The van der Waals surface area contributed by atoms with E-state index >= 15 is 0 Å². The molecule has 132 valence electrons. The van der Waals surface area contributed by atoms with Crippen molar-refractivity contribution in [2.24, 2.45) is 0 Å². The number of ether oxygens (including phenoxy) is 1. The van der Waals surface area contributed by atoms with Crippen molar-refractivity contribution < 1.29 is 18.7 Å². The van der Waals surface area contributed by atoms with Gasteiger partial charge in [0.2, 0.25) is 5.91 Å². The Hall–Kier alpha value is -2.60. The number of hydrogen-bond donors (Lipinski definition) is 1. The summed E-state index contributed by atoms with van der Waals surface area (Å²) in [5.41, 5.74) is 1.30. The van der Waals surface area contributed by atoms with E-state index in [2.05, 4.69) is 5.32 Å². The average molecular weight is 365 g/mol. The third-order valence-corrected chi connectivity index (χ3v) is 3.84. The highest BCUT2D eigenvalue weighted by Gasteiger charge is 2.16. The van der Waals surface area contributed by atoms with Gasteiger partial charge in [-0.25, -0.2) is 4.39 Å². The quantitative estimate of drug-likeness (QED) is 0.884. The number of anilines is 1. The van der Waals surface area contributed by atoms with Gasteiger partial charge in [0.15, 0.2) is 0 Å². The lowest BCUT2D eigenvalue weighted by atomic mass is 10.1. The maximum Gasteiger partial charge on any atom is 0.257 e. The van der Waals surface area contributed by atoms with Gasteiger partial charge in [-0.1, -0.05) is 17.7 Å². The Balaban J connectivity index is 2.17. The molecule has 0 aliphatic rings. The van der Waals surface area contributed by atoms with Gasteiger partial charge in [-0.2, -0.15) is 0 Å². The number of methoxy groups -OCH3 is 1. The summed E-state index contributed by atoms with van der Waals surface area (Å²) in [6, 6.07) is 8.66. The van der Waals surface area contributed by atoms with Crippen LogP contribution in [0, 0.1) is 5.82 Å². The summed E-state index contributed by atoms with van der Waals surface area (Å²) in [4.78, 5) is 25.8. The number of rotatable bonds is 5. The van der Waals surface area contributed by atoms with Crippen molar-refractivity contribution in [3.8, 4) is 5.75 Å². The van der Waals surface area contributed by atoms with E-state index in [1.807, 2.05) is 0 Å². The van der Waals surface area contributed by atoms with E-state index in [9.17, 15) is 14.0 Å². The smallest absolute Gasteiger partial charge is 0.257 e. The van der Waals surface area contributed by atoms with Crippen molar-refractivity contribution in [2.45, 2.75) is 6.42 Å². The number of carbonyl (C=O) groups is 2. The molecule has 0 unspecified atom stereocenters. The first-order valence-corrected chi connectivity index (χ1v) is 7.83. The molecule has 0 saturated heterocycles. The molecular formula is C18H18ClFN2O3. The summed E-state index contributed by atoms with van der Waals surface area (Å²) in [5, 5.41) is 2.89. The SMILES string of the molecule is COc1ccc(NC(=O)Cc2ccc(F)cc2Cl)cc1C(=O)N(C)C. The van der Waals surface area contributed by atoms with Crippen LogP contribution in [-0.2, 0) is 11.2 Å². The minimum Gasteiger partial charge on any atom is -0.496 e. The van der Waals surface area contributed by atoms with Gasteiger partial charge in [0.05, 0.1) is 19.1 Å². The largest absolute Gasteiger partial charge is 0.496 e. The van der Waals surface area contributed by atoms with Gasteiger partial charge in [-0.3, -0.25) is 9.59 Å². The highest BCUT2D eigenvalue weighted by molar-refractivity contribution is 6.31. The molecule has 0 bridgehead atoms. The first kappa shape index (κ1) is 18.7. The summed E-state index contributed by atoms with van der Waals surface area (Å²) < 4.78 is 18.2. The second kappa shape index (κ2) is 7.98. The predicted molar refractivity (Wildman–Crippen MR) is 94.8 cm³/mol. The monoisotopic (exact) mass is 364 g/mol. The van der Waals surface area contributed by atoms with Crippen LogP contribution in [0.3, 0.4) is 0 Å². The van der Waals surface area contributed by atoms with Crippen LogP contribution in [-0.4, -0.2) is 37.9 Å². The lowest BCUT2D eigenvalue weighted by Crippen LogP contribution is -2.23. The lowest BCUT2D eigenvalue weighted by Gasteiger charge is -2.15. The fraction of sp³-hybridized carbons (Fsp3) is 0.222. The second-order valence-electron chi connectivity index (χ2n) is 5.58. The minimum absolute atomic E-state index is 0.0118. The molecule has 7 heteroatoms. The van der Waals surface area contributed by atoms with Gasteiger partial charge >= 0.3 is 0 Å². The minimum atomic E-state index is -0.462. The maximum absolute atomic E-state index is 13.1. The summed E-state index contributed by atoms with van der Waals surface area (Å²) in [5.74, 6) is -0.620. The van der Waals surface area contributed by atoms with Gasteiger partial charge < -0.3 is 15.0 Å². The van der Waals surface area contributed by atoms with Crippen LogP contribution in [0.15, 0.2) is 36.4 Å². The number of benzene rings is 2. The zero-order valence-electron chi connectivity index (χ0n) is 14.1. The standard InChI is InChI=1S/C18H18ClFN2O3/c1-22(2)18(24)14-10-13(6-7-16(14)25-3)21-17(23)8-11-4-5-12(20)9-15(11)19/h4-7,9-10H,8H2,1-3H3,(H,21,23). The Kier molecular flexibility index (Phi) is 5.98. The van der Waals surface area contributed by atoms with Gasteiger partial charge in [0.1, 0.15) is 11.6 Å². The van der Waals surface area contributed by atoms with Crippen LogP contribution in [0.5, 0.6) is 5.75 Å². The zero-order chi connectivity index (χ0) is 18.6. The topological polar surface area (TPSA) is 58.6 Å².